The molecule has 8 heteroatoms. The average Bonchev–Trinajstić information content (AvgIpc) is 1.86. The van der Waals surface area contributed by atoms with Crippen LogP contribution in [-0.2, 0) is 0 Å². The SMILES string of the molecule is CC(SSC[N+](=O)[O-])[N+](=O)[O-]. The molecule has 0 aliphatic rings. The van der Waals surface area contributed by atoms with E-state index in [9.17, 15) is 20.2 Å². The molecular weight excluding hydrogens is 192 g/mol. The highest BCUT2D eigenvalue weighted by Crippen LogP contribution is 2.26. The van der Waals surface area contributed by atoms with Crippen molar-refractivity contribution in [1.29, 1.82) is 0 Å². The molecule has 0 aromatic rings. The fourth-order valence-corrected chi connectivity index (χ4v) is 1.86. The molecule has 0 aromatic heterocycles. The van der Waals surface area contributed by atoms with Gasteiger partial charge in [0.25, 0.3) is 11.3 Å². The van der Waals surface area contributed by atoms with Crippen LogP contribution in [0.1, 0.15) is 6.92 Å². The third-order valence-electron chi connectivity index (χ3n) is 0.662. The van der Waals surface area contributed by atoms with Gasteiger partial charge in [-0.3, -0.25) is 20.2 Å². The van der Waals surface area contributed by atoms with Crippen LogP contribution in [0.2, 0.25) is 0 Å². The zero-order valence-corrected chi connectivity index (χ0v) is 7.26. The normalized spacial score (nSPS) is 12.5. The monoisotopic (exact) mass is 198 g/mol. The van der Waals surface area contributed by atoms with Crippen LogP contribution in [0.3, 0.4) is 0 Å². The molecule has 0 aliphatic carbocycles. The molecular formula is C3H6N2O4S2. The van der Waals surface area contributed by atoms with Crippen LogP contribution in [0.25, 0.3) is 0 Å². The largest absolute Gasteiger partial charge is 0.265 e. The summed E-state index contributed by atoms with van der Waals surface area (Å²) in [5.41, 5.74) is 0. The number of nitro groups is 2. The van der Waals surface area contributed by atoms with Crippen LogP contribution >= 0.6 is 21.6 Å². The van der Waals surface area contributed by atoms with Gasteiger partial charge in [-0.05, 0) is 21.6 Å². The maximum Gasteiger partial charge on any atom is 0.265 e. The van der Waals surface area contributed by atoms with Gasteiger partial charge in [0.1, 0.15) is 0 Å². The standard InChI is InChI=1S/C3H6N2O4S2/c1-3(5(8)9)11-10-2-4(6)7/h3H,2H2,1H3. The summed E-state index contributed by atoms with van der Waals surface area (Å²) >= 11 is 0. The summed E-state index contributed by atoms with van der Waals surface area (Å²) in [5, 5.41) is 18.9. The first-order valence-electron chi connectivity index (χ1n) is 2.57. The molecule has 6 nitrogen and oxygen atoms in total. The predicted octanol–water partition coefficient (Wildman–Crippen LogP) is 1.22. The zero-order valence-electron chi connectivity index (χ0n) is 5.63. The molecule has 1 atom stereocenters. The van der Waals surface area contributed by atoms with E-state index in [0.717, 1.165) is 21.6 Å². The summed E-state index contributed by atoms with van der Waals surface area (Å²) in [7, 11) is 1.76. The molecule has 0 spiro atoms. The first kappa shape index (κ1) is 10.5. The smallest absolute Gasteiger partial charge is 0.264 e. The summed E-state index contributed by atoms with van der Waals surface area (Å²) in [4.78, 5) is 18.7. The van der Waals surface area contributed by atoms with Crippen LogP contribution in [0, 0.1) is 20.2 Å². The highest BCUT2D eigenvalue weighted by molar-refractivity contribution is 8.76. The highest BCUT2D eigenvalue weighted by atomic mass is 33.1. The molecule has 1 unspecified atom stereocenters. The molecule has 0 fully saturated rings. The van der Waals surface area contributed by atoms with Gasteiger partial charge in [0.2, 0.25) is 0 Å². The zero-order chi connectivity index (χ0) is 8.85. The van der Waals surface area contributed by atoms with Crippen LogP contribution < -0.4 is 0 Å². The fraction of sp³-hybridized carbons (Fsp3) is 1.00. The lowest BCUT2D eigenvalue weighted by Crippen LogP contribution is -2.09. The van der Waals surface area contributed by atoms with Crippen molar-refractivity contribution in [2.45, 2.75) is 12.3 Å². The topological polar surface area (TPSA) is 86.3 Å². The first-order chi connectivity index (χ1) is 5.04. The van der Waals surface area contributed by atoms with E-state index in [-0.39, 0.29) is 5.88 Å². The van der Waals surface area contributed by atoms with Crippen LogP contribution in [0.15, 0.2) is 0 Å². The van der Waals surface area contributed by atoms with E-state index < -0.39 is 15.2 Å². The molecule has 0 heterocycles. The Morgan fingerprint density at radius 1 is 1.45 bits per heavy atom. The molecule has 0 rings (SSSR count). The molecule has 0 bridgehead atoms. The van der Waals surface area contributed by atoms with E-state index in [1.54, 1.807) is 0 Å². The Labute approximate surface area is 70.4 Å². The quantitative estimate of drug-likeness (QED) is 0.286. The van der Waals surface area contributed by atoms with Crippen molar-refractivity contribution < 1.29 is 9.85 Å². The van der Waals surface area contributed by atoms with Gasteiger partial charge in [0.15, 0.2) is 0 Å². The molecule has 64 valence electrons. The Morgan fingerprint density at radius 3 is 2.36 bits per heavy atom. The van der Waals surface area contributed by atoms with Gasteiger partial charge in [-0.25, -0.2) is 0 Å². The second-order valence-electron chi connectivity index (χ2n) is 1.56. The van der Waals surface area contributed by atoms with Gasteiger partial charge in [0.05, 0.1) is 0 Å². The van der Waals surface area contributed by atoms with Gasteiger partial charge >= 0.3 is 0 Å². The van der Waals surface area contributed by atoms with Gasteiger partial charge in [-0.2, -0.15) is 0 Å². The fourth-order valence-electron chi connectivity index (χ4n) is 0.207. The third kappa shape index (κ3) is 5.92. The molecule has 0 aromatic carbocycles. The van der Waals surface area contributed by atoms with Crippen molar-refractivity contribution in [3.05, 3.63) is 20.2 Å². The van der Waals surface area contributed by atoms with Gasteiger partial charge in [-0.1, -0.05) is 0 Å². The maximum atomic E-state index is 9.98. The lowest BCUT2D eigenvalue weighted by atomic mass is 10.8. The number of hydrogen-bond acceptors (Lipinski definition) is 6. The molecule has 0 saturated carbocycles. The number of nitrogens with zero attached hydrogens (tertiary/aromatic N) is 2. The molecule has 11 heavy (non-hydrogen) atoms. The van der Waals surface area contributed by atoms with Gasteiger partial charge in [0, 0.05) is 16.8 Å². The van der Waals surface area contributed by atoms with Crippen molar-refractivity contribution in [2.75, 3.05) is 5.88 Å². The van der Waals surface area contributed by atoms with Gasteiger partial charge in [-0.15, -0.1) is 0 Å². The van der Waals surface area contributed by atoms with Crippen LogP contribution in [0.4, 0.5) is 0 Å². The minimum Gasteiger partial charge on any atom is -0.264 e. The molecule has 0 amide bonds. The van der Waals surface area contributed by atoms with E-state index in [4.69, 9.17) is 0 Å². The van der Waals surface area contributed by atoms with E-state index in [1.807, 2.05) is 0 Å². The van der Waals surface area contributed by atoms with Crippen LogP contribution in [-0.4, -0.2) is 21.1 Å². The van der Waals surface area contributed by atoms with Crippen molar-refractivity contribution >= 4 is 21.6 Å². The Bertz CT molecular complexity index is 163. The summed E-state index contributed by atoms with van der Waals surface area (Å²) in [5.74, 6) is -0.303. The Balaban J connectivity index is 3.39. The lowest BCUT2D eigenvalue weighted by molar-refractivity contribution is -0.490. The maximum absolute atomic E-state index is 9.98. The second-order valence-corrected chi connectivity index (χ2v) is 4.21. The van der Waals surface area contributed by atoms with E-state index >= 15 is 0 Å². The van der Waals surface area contributed by atoms with Crippen molar-refractivity contribution in [2.24, 2.45) is 0 Å². The van der Waals surface area contributed by atoms with Crippen molar-refractivity contribution in [3.8, 4) is 0 Å². The van der Waals surface area contributed by atoms with Crippen molar-refractivity contribution in [3.63, 3.8) is 0 Å². The van der Waals surface area contributed by atoms with E-state index in [1.165, 1.54) is 6.92 Å². The molecule has 0 saturated heterocycles. The lowest BCUT2D eigenvalue weighted by Gasteiger charge is -1.98. The summed E-state index contributed by atoms with van der Waals surface area (Å²) in [6.07, 6.45) is 0. The molecule has 0 aliphatic heterocycles. The number of hydrogen-bond donors (Lipinski definition) is 0. The predicted molar refractivity (Wildman–Crippen MR) is 43.5 cm³/mol. The minimum atomic E-state index is -0.792. The van der Waals surface area contributed by atoms with Crippen molar-refractivity contribution in [1.82, 2.24) is 0 Å². The third-order valence-corrected chi connectivity index (χ3v) is 3.13. The molecule has 0 N–H and O–H groups in total. The summed E-state index contributed by atoms with van der Waals surface area (Å²) < 4.78 is 0. The average molecular weight is 198 g/mol. The summed E-state index contributed by atoms with van der Waals surface area (Å²) in [6, 6.07) is 0. The summed E-state index contributed by atoms with van der Waals surface area (Å²) in [6.45, 7) is 1.39. The first-order valence-corrected chi connectivity index (χ1v) is 4.96. The van der Waals surface area contributed by atoms with E-state index in [2.05, 4.69) is 0 Å². The highest BCUT2D eigenvalue weighted by Gasteiger charge is 2.14. The second kappa shape index (κ2) is 5.19. The minimum absolute atomic E-state index is 0.303. The Hall–Kier alpha value is -0.500. The molecule has 0 radical (unpaired) electrons. The van der Waals surface area contributed by atoms with Gasteiger partial charge < -0.3 is 0 Å². The Kier molecular flexibility index (Phi) is 4.95. The van der Waals surface area contributed by atoms with E-state index in [0.29, 0.717) is 0 Å². The Morgan fingerprint density at radius 2 is 2.00 bits per heavy atom. The number of rotatable bonds is 5. The van der Waals surface area contributed by atoms with Crippen LogP contribution in [0.5, 0.6) is 0 Å².